The van der Waals surface area contributed by atoms with Gasteiger partial charge >= 0.3 is 0 Å². The van der Waals surface area contributed by atoms with E-state index in [0.717, 1.165) is 42.8 Å². The zero-order chi connectivity index (χ0) is 19.2. The van der Waals surface area contributed by atoms with Crippen LogP contribution in [0.4, 0.5) is 4.39 Å². The van der Waals surface area contributed by atoms with Crippen molar-refractivity contribution in [3.8, 4) is 0 Å². The normalized spacial score (nSPS) is 16.3. The molecule has 0 unspecified atom stereocenters. The van der Waals surface area contributed by atoms with Gasteiger partial charge in [-0.3, -0.25) is 14.7 Å². The van der Waals surface area contributed by atoms with E-state index in [2.05, 4.69) is 20.4 Å². The minimum Gasteiger partial charge on any atom is -0.299 e. The molecule has 1 aliphatic rings. The first kappa shape index (κ1) is 19.5. The summed E-state index contributed by atoms with van der Waals surface area (Å²) in [5.41, 5.74) is 5.25. The Bertz CT molecular complexity index is 820. The topological polar surface area (TPSA) is 57.6 Å². The number of hydrogen-bond acceptors (Lipinski definition) is 4. The summed E-state index contributed by atoms with van der Waals surface area (Å²) < 4.78 is 13.1. The Morgan fingerprint density at radius 3 is 2.67 bits per heavy atom. The number of halogens is 2. The van der Waals surface area contributed by atoms with Crippen LogP contribution in [0.5, 0.6) is 0 Å². The zero-order valence-corrected chi connectivity index (χ0v) is 15.9. The molecule has 0 saturated carbocycles. The van der Waals surface area contributed by atoms with Crippen molar-refractivity contribution in [3.05, 3.63) is 64.7 Å². The molecule has 1 saturated heterocycles. The van der Waals surface area contributed by atoms with Gasteiger partial charge in [0.05, 0.1) is 5.71 Å². The van der Waals surface area contributed by atoms with Crippen molar-refractivity contribution in [1.82, 2.24) is 15.3 Å². The fourth-order valence-electron chi connectivity index (χ4n) is 3.13. The number of amides is 1. The van der Waals surface area contributed by atoms with E-state index >= 15 is 0 Å². The molecule has 5 nitrogen and oxygen atoms in total. The van der Waals surface area contributed by atoms with Crippen molar-refractivity contribution in [2.45, 2.75) is 26.3 Å². The number of carbonyl (C=O) groups is 1. The van der Waals surface area contributed by atoms with Crippen molar-refractivity contribution in [2.24, 2.45) is 11.0 Å². The number of nitrogens with zero attached hydrogens (tertiary/aromatic N) is 3. The monoisotopic (exact) mass is 388 g/mol. The highest BCUT2D eigenvalue weighted by Crippen LogP contribution is 2.23. The molecule has 0 bridgehead atoms. The summed E-state index contributed by atoms with van der Waals surface area (Å²) in [6, 6.07) is 8.17. The molecular formula is C20H22ClFN4O. The predicted molar refractivity (Wildman–Crippen MR) is 104 cm³/mol. The molecule has 142 valence electrons. The van der Waals surface area contributed by atoms with Gasteiger partial charge in [-0.2, -0.15) is 5.10 Å². The van der Waals surface area contributed by atoms with Gasteiger partial charge in [-0.05, 0) is 62.7 Å². The number of rotatable bonds is 5. The summed E-state index contributed by atoms with van der Waals surface area (Å²) in [4.78, 5) is 18.6. The van der Waals surface area contributed by atoms with Gasteiger partial charge in [0.25, 0.3) is 0 Å². The minimum atomic E-state index is -0.332. The van der Waals surface area contributed by atoms with Gasteiger partial charge in [0.15, 0.2) is 0 Å². The van der Waals surface area contributed by atoms with Gasteiger partial charge in [0.1, 0.15) is 5.82 Å². The van der Waals surface area contributed by atoms with E-state index in [-0.39, 0.29) is 17.6 Å². The number of benzene rings is 1. The van der Waals surface area contributed by atoms with Crippen LogP contribution in [0.15, 0.2) is 47.8 Å². The van der Waals surface area contributed by atoms with Crippen molar-refractivity contribution in [1.29, 1.82) is 0 Å². The third-order valence-corrected chi connectivity index (χ3v) is 5.15. The molecular weight excluding hydrogens is 367 g/mol. The number of pyridine rings is 1. The lowest BCUT2D eigenvalue weighted by molar-refractivity contribution is -0.126. The Morgan fingerprint density at radius 1 is 1.30 bits per heavy atom. The van der Waals surface area contributed by atoms with Crippen LogP contribution in [0.2, 0.25) is 5.02 Å². The van der Waals surface area contributed by atoms with Gasteiger partial charge < -0.3 is 0 Å². The molecule has 7 heteroatoms. The quantitative estimate of drug-likeness (QED) is 0.628. The van der Waals surface area contributed by atoms with Gasteiger partial charge in [-0.1, -0.05) is 17.7 Å². The average Bonchev–Trinajstić information content (AvgIpc) is 2.69. The largest absolute Gasteiger partial charge is 0.299 e. The lowest BCUT2D eigenvalue weighted by atomic mass is 9.96. The van der Waals surface area contributed by atoms with E-state index in [4.69, 9.17) is 11.6 Å². The Morgan fingerprint density at radius 2 is 2.00 bits per heavy atom. The molecule has 3 rings (SSSR count). The first-order valence-electron chi connectivity index (χ1n) is 8.94. The molecule has 27 heavy (non-hydrogen) atoms. The van der Waals surface area contributed by atoms with Gasteiger partial charge in [0, 0.05) is 35.4 Å². The van der Waals surface area contributed by atoms with E-state index in [0.29, 0.717) is 11.6 Å². The van der Waals surface area contributed by atoms with Crippen molar-refractivity contribution in [2.75, 3.05) is 13.1 Å². The van der Waals surface area contributed by atoms with E-state index in [1.54, 1.807) is 18.5 Å². The second kappa shape index (κ2) is 9.06. The Kier molecular flexibility index (Phi) is 6.53. The molecule has 1 fully saturated rings. The van der Waals surface area contributed by atoms with Gasteiger partial charge in [-0.15, -0.1) is 0 Å². The van der Waals surface area contributed by atoms with Crippen LogP contribution in [0.25, 0.3) is 0 Å². The highest BCUT2D eigenvalue weighted by Gasteiger charge is 2.25. The molecule has 2 aromatic rings. The van der Waals surface area contributed by atoms with E-state index in [1.807, 2.05) is 19.1 Å². The van der Waals surface area contributed by atoms with Gasteiger partial charge in [0.2, 0.25) is 5.91 Å². The Labute approximate surface area is 163 Å². The predicted octanol–water partition coefficient (Wildman–Crippen LogP) is 3.63. The average molecular weight is 389 g/mol. The molecule has 1 aliphatic heterocycles. The third-order valence-electron chi connectivity index (χ3n) is 4.80. The SMILES string of the molecule is CC(=NNC(=O)C1CCN(Cc2ccc(F)cc2Cl)CC1)c1ccncc1. The molecule has 1 aromatic heterocycles. The first-order chi connectivity index (χ1) is 13.0. The molecule has 1 N–H and O–H groups in total. The van der Waals surface area contributed by atoms with Crippen LogP contribution in [-0.4, -0.2) is 34.6 Å². The molecule has 0 aliphatic carbocycles. The maximum atomic E-state index is 13.1. The summed E-state index contributed by atoms with van der Waals surface area (Å²) >= 11 is 6.10. The molecule has 0 radical (unpaired) electrons. The minimum absolute atomic E-state index is 0.0529. The lowest BCUT2D eigenvalue weighted by Crippen LogP contribution is -2.39. The number of hydrazone groups is 1. The van der Waals surface area contributed by atoms with E-state index in [1.165, 1.54) is 12.1 Å². The Hall–Kier alpha value is -2.31. The number of likely N-dealkylation sites (tertiary alicyclic amines) is 1. The molecule has 2 heterocycles. The van der Waals surface area contributed by atoms with Gasteiger partial charge in [-0.25, -0.2) is 9.82 Å². The summed E-state index contributed by atoms with van der Waals surface area (Å²) in [5.74, 6) is -0.441. The van der Waals surface area contributed by atoms with Crippen molar-refractivity contribution in [3.63, 3.8) is 0 Å². The van der Waals surface area contributed by atoms with Crippen LogP contribution in [-0.2, 0) is 11.3 Å². The smallest absolute Gasteiger partial charge is 0.243 e. The number of nitrogens with one attached hydrogen (secondary N) is 1. The van der Waals surface area contributed by atoms with Crippen molar-refractivity contribution < 1.29 is 9.18 Å². The summed E-state index contributed by atoms with van der Waals surface area (Å²) in [6.45, 7) is 4.09. The summed E-state index contributed by atoms with van der Waals surface area (Å²) in [5, 5.41) is 4.64. The van der Waals surface area contributed by atoms with Crippen LogP contribution in [0.1, 0.15) is 30.9 Å². The van der Waals surface area contributed by atoms with E-state index in [9.17, 15) is 9.18 Å². The highest BCUT2D eigenvalue weighted by molar-refractivity contribution is 6.31. The Balaban J connectivity index is 1.49. The molecule has 0 spiro atoms. The highest BCUT2D eigenvalue weighted by atomic mass is 35.5. The zero-order valence-electron chi connectivity index (χ0n) is 15.2. The second-order valence-corrected chi connectivity index (χ2v) is 7.10. The second-order valence-electron chi connectivity index (χ2n) is 6.70. The fourth-order valence-corrected chi connectivity index (χ4v) is 3.36. The van der Waals surface area contributed by atoms with E-state index < -0.39 is 0 Å². The maximum absolute atomic E-state index is 13.1. The molecule has 0 atom stereocenters. The van der Waals surface area contributed by atoms with Crippen molar-refractivity contribution >= 4 is 23.2 Å². The van der Waals surface area contributed by atoms with Crippen LogP contribution >= 0.6 is 11.6 Å². The number of piperidine rings is 1. The lowest BCUT2D eigenvalue weighted by Gasteiger charge is -2.31. The van der Waals surface area contributed by atoms with Crippen LogP contribution < -0.4 is 5.43 Å². The van der Waals surface area contributed by atoms with Crippen LogP contribution in [0.3, 0.4) is 0 Å². The van der Waals surface area contributed by atoms with Crippen LogP contribution in [0, 0.1) is 11.7 Å². The fraction of sp³-hybridized carbons (Fsp3) is 0.350. The molecule has 1 amide bonds. The number of carbonyl (C=O) groups excluding carboxylic acids is 1. The summed E-state index contributed by atoms with van der Waals surface area (Å²) in [6.07, 6.45) is 4.90. The third kappa shape index (κ3) is 5.34. The number of hydrogen-bond donors (Lipinski definition) is 1. The summed E-state index contributed by atoms with van der Waals surface area (Å²) in [7, 11) is 0. The standard InChI is InChI=1S/C20H22ClFN4O/c1-14(15-4-8-23-9-5-15)24-25-20(27)16-6-10-26(11-7-16)13-17-2-3-18(22)12-19(17)21/h2-5,8-9,12,16H,6-7,10-11,13H2,1H3,(H,25,27). The molecule has 1 aromatic carbocycles. The first-order valence-corrected chi connectivity index (χ1v) is 9.31. The maximum Gasteiger partial charge on any atom is 0.243 e. The number of aromatic nitrogens is 1.